The van der Waals surface area contributed by atoms with Gasteiger partial charge in [0.15, 0.2) is 0 Å². The average Bonchev–Trinajstić information content (AvgIpc) is 2.82. The zero-order valence-corrected chi connectivity index (χ0v) is 22.5. The predicted octanol–water partition coefficient (Wildman–Crippen LogP) is 6.18. The van der Waals surface area contributed by atoms with E-state index in [9.17, 15) is 9.59 Å². The fraction of sp³-hybridized carbons (Fsp3) is 0.393. The Morgan fingerprint density at radius 1 is 1.11 bits per heavy atom. The van der Waals surface area contributed by atoms with Crippen molar-refractivity contribution in [2.75, 3.05) is 18.5 Å². The van der Waals surface area contributed by atoms with Crippen LogP contribution in [0.5, 0.6) is 0 Å². The lowest BCUT2D eigenvalue weighted by atomic mass is 10.00. The first-order valence-corrected chi connectivity index (χ1v) is 12.6. The minimum absolute atomic E-state index is 0.0331. The molecule has 0 heterocycles. The van der Waals surface area contributed by atoms with E-state index in [0.29, 0.717) is 22.1 Å². The smallest absolute Gasteiger partial charge is 0.338 e. The number of hydrogen-bond donors (Lipinski definition) is 3. The molecule has 0 aliphatic carbocycles. The summed E-state index contributed by atoms with van der Waals surface area (Å²) in [4.78, 5) is 30.0. The number of esters is 1. The van der Waals surface area contributed by atoms with Crippen molar-refractivity contribution in [3.8, 4) is 0 Å². The lowest BCUT2D eigenvalue weighted by molar-refractivity contribution is 0.0526. The first kappa shape index (κ1) is 28.9. The summed E-state index contributed by atoms with van der Waals surface area (Å²) >= 11 is 6.26. The molecule has 0 saturated heterocycles. The van der Waals surface area contributed by atoms with Crippen molar-refractivity contribution in [1.29, 1.82) is 0 Å². The third-order valence-electron chi connectivity index (χ3n) is 5.44. The SMILES string of the molecule is CCCCC(N=CCNC(=O)c1cc(NC(N)=C(C)C)cc(C(=O)OCC)c1)c1cc(C)cc(Cl)c1. The summed E-state index contributed by atoms with van der Waals surface area (Å²) in [6.07, 6.45) is 4.70. The minimum Gasteiger partial charge on any atom is -0.462 e. The van der Waals surface area contributed by atoms with Crippen LogP contribution in [0, 0.1) is 6.92 Å². The maximum atomic E-state index is 12.9. The highest BCUT2D eigenvalue weighted by atomic mass is 35.5. The number of nitrogens with zero attached hydrogens (tertiary/aromatic N) is 1. The van der Waals surface area contributed by atoms with E-state index in [1.54, 1.807) is 25.3 Å². The van der Waals surface area contributed by atoms with E-state index < -0.39 is 5.97 Å². The molecule has 0 aromatic heterocycles. The fourth-order valence-corrected chi connectivity index (χ4v) is 3.84. The van der Waals surface area contributed by atoms with Gasteiger partial charge in [-0.1, -0.05) is 37.4 Å². The highest BCUT2D eigenvalue weighted by molar-refractivity contribution is 6.30. The number of anilines is 1. The van der Waals surface area contributed by atoms with E-state index in [0.717, 1.165) is 36.0 Å². The normalized spacial score (nSPS) is 11.7. The molecule has 1 atom stereocenters. The van der Waals surface area contributed by atoms with Gasteiger partial charge in [0, 0.05) is 22.5 Å². The number of nitrogens with two attached hydrogens (primary N) is 1. The second-order valence-corrected chi connectivity index (χ2v) is 9.26. The second-order valence-electron chi connectivity index (χ2n) is 8.82. The summed E-state index contributed by atoms with van der Waals surface area (Å²) < 4.78 is 5.11. The molecule has 36 heavy (non-hydrogen) atoms. The lowest BCUT2D eigenvalue weighted by Crippen LogP contribution is -2.26. The van der Waals surface area contributed by atoms with Crippen LogP contribution in [-0.2, 0) is 4.74 Å². The molecular formula is C28H37ClN4O3. The topological polar surface area (TPSA) is 106 Å². The van der Waals surface area contributed by atoms with E-state index in [2.05, 4.69) is 23.6 Å². The fourth-order valence-electron chi connectivity index (χ4n) is 3.55. The van der Waals surface area contributed by atoms with Gasteiger partial charge in [-0.25, -0.2) is 4.79 Å². The van der Waals surface area contributed by atoms with Crippen LogP contribution in [0.25, 0.3) is 0 Å². The molecule has 2 aromatic carbocycles. The molecule has 0 radical (unpaired) electrons. The van der Waals surface area contributed by atoms with E-state index in [4.69, 9.17) is 27.1 Å². The Bertz CT molecular complexity index is 1100. The molecule has 2 rings (SSSR count). The average molecular weight is 513 g/mol. The van der Waals surface area contributed by atoms with Gasteiger partial charge in [0.1, 0.15) is 0 Å². The Morgan fingerprint density at radius 3 is 2.47 bits per heavy atom. The molecule has 0 aliphatic heterocycles. The van der Waals surface area contributed by atoms with Crippen molar-refractivity contribution in [2.45, 2.75) is 59.9 Å². The number of aryl methyl sites for hydroxylation is 1. The van der Waals surface area contributed by atoms with Gasteiger partial charge in [0.05, 0.1) is 30.6 Å². The summed E-state index contributed by atoms with van der Waals surface area (Å²) in [5.41, 5.74) is 10.1. The third kappa shape index (κ3) is 9.04. The number of benzene rings is 2. The van der Waals surface area contributed by atoms with Crippen molar-refractivity contribution in [2.24, 2.45) is 10.7 Å². The van der Waals surface area contributed by atoms with Crippen LogP contribution in [0.3, 0.4) is 0 Å². The number of nitrogens with one attached hydrogen (secondary N) is 2. The number of allylic oxidation sites excluding steroid dienone is 1. The summed E-state index contributed by atoms with van der Waals surface area (Å²) in [6, 6.07) is 10.7. The van der Waals surface area contributed by atoms with Crippen LogP contribution < -0.4 is 16.4 Å². The van der Waals surface area contributed by atoms with Crippen molar-refractivity contribution < 1.29 is 14.3 Å². The van der Waals surface area contributed by atoms with Crippen molar-refractivity contribution >= 4 is 35.4 Å². The van der Waals surface area contributed by atoms with Gasteiger partial charge < -0.3 is 21.1 Å². The maximum absolute atomic E-state index is 12.9. The summed E-state index contributed by atoms with van der Waals surface area (Å²) in [5, 5.41) is 6.57. The number of carbonyl (C=O) groups excluding carboxylic acids is 2. The molecule has 1 amide bonds. The quantitative estimate of drug-likeness (QED) is 0.232. The largest absolute Gasteiger partial charge is 0.462 e. The number of ether oxygens (including phenoxy) is 1. The molecule has 1 unspecified atom stereocenters. The highest BCUT2D eigenvalue weighted by Crippen LogP contribution is 2.27. The van der Waals surface area contributed by atoms with Gasteiger partial charge in [0.25, 0.3) is 5.91 Å². The molecule has 0 saturated carbocycles. The van der Waals surface area contributed by atoms with Crippen molar-refractivity contribution in [1.82, 2.24) is 5.32 Å². The van der Waals surface area contributed by atoms with E-state index in [-0.39, 0.29) is 30.7 Å². The Kier molecular flexibility index (Phi) is 11.5. The number of hydrogen-bond acceptors (Lipinski definition) is 6. The number of unbranched alkanes of at least 4 members (excludes halogenated alkanes) is 1. The van der Waals surface area contributed by atoms with Gasteiger partial charge >= 0.3 is 5.97 Å². The van der Waals surface area contributed by atoms with Crippen LogP contribution in [0.1, 0.15) is 84.8 Å². The number of halogens is 1. The molecular weight excluding hydrogens is 476 g/mol. The standard InChI is InChI=1S/C28H37ClN4O3/c1-6-8-9-25(20-12-19(5)13-23(29)15-20)31-10-11-32-27(34)21-14-22(28(35)36-7-2)17-24(16-21)33-26(30)18(3)4/h10,12-17,25,33H,6-9,11,30H2,1-5H3,(H,32,34). The van der Waals surface area contributed by atoms with E-state index in [1.807, 2.05) is 32.9 Å². The van der Waals surface area contributed by atoms with Gasteiger partial charge in [-0.3, -0.25) is 9.79 Å². The minimum atomic E-state index is -0.511. The van der Waals surface area contributed by atoms with Crippen molar-refractivity contribution in [3.63, 3.8) is 0 Å². The number of aliphatic imine (C=N–C) groups is 1. The number of carbonyl (C=O) groups is 2. The molecule has 194 valence electrons. The molecule has 8 heteroatoms. The Morgan fingerprint density at radius 2 is 1.83 bits per heavy atom. The van der Waals surface area contributed by atoms with Crippen LogP contribution in [0.15, 0.2) is 52.8 Å². The van der Waals surface area contributed by atoms with Crippen molar-refractivity contribution in [3.05, 3.63) is 75.1 Å². The van der Waals surface area contributed by atoms with Crippen LogP contribution >= 0.6 is 11.6 Å². The van der Waals surface area contributed by atoms with Gasteiger partial charge in [0.2, 0.25) is 0 Å². The van der Waals surface area contributed by atoms with Gasteiger partial charge in [-0.05, 0) is 81.1 Å². The number of rotatable bonds is 12. The van der Waals surface area contributed by atoms with E-state index >= 15 is 0 Å². The summed E-state index contributed by atoms with van der Waals surface area (Å²) in [5.74, 6) is -0.401. The maximum Gasteiger partial charge on any atom is 0.338 e. The molecule has 2 aromatic rings. The molecule has 0 spiro atoms. The number of amides is 1. The summed E-state index contributed by atoms with van der Waals surface area (Å²) in [6.45, 7) is 10.1. The molecule has 7 nitrogen and oxygen atoms in total. The third-order valence-corrected chi connectivity index (χ3v) is 5.66. The van der Waals surface area contributed by atoms with Crippen LogP contribution in [0.4, 0.5) is 5.69 Å². The first-order chi connectivity index (χ1) is 17.1. The molecule has 0 fully saturated rings. The molecule has 4 N–H and O–H groups in total. The highest BCUT2D eigenvalue weighted by Gasteiger charge is 2.15. The Balaban J connectivity index is 2.18. The lowest BCUT2D eigenvalue weighted by Gasteiger charge is -2.14. The van der Waals surface area contributed by atoms with Crippen LogP contribution in [0.2, 0.25) is 5.02 Å². The predicted molar refractivity (Wildman–Crippen MR) is 148 cm³/mol. The van der Waals surface area contributed by atoms with E-state index in [1.165, 1.54) is 6.07 Å². The first-order valence-electron chi connectivity index (χ1n) is 12.2. The Labute approximate surface area is 219 Å². The summed E-state index contributed by atoms with van der Waals surface area (Å²) in [7, 11) is 0. The molecule has 0 aliphatic rings. The zero-order valence-electron chi connectivity index (χ0n) is 21.8. The van der Waals surface area contributed by atoms with Crippen LogP contribution in [-0.4, -0.2) is 31.2 Å². The second kappa shape index (κ2) is 14.3. The molecule has 0 bridgehead atoms. The monoisotopic (exact) mass is 512 g/mol. The van der Waals surface area contributed by atoms with Gasteiger partial charge in [-0.2, -0.15) is 0 Å². The zero-order chi connectivity index (χ0) is 26.7. The van der Waals surface area contributed by atoms with Gasteiger partial charge in [-0.15, -0.1) is 0 Å². The Hall–Kier alpha value is -3.32.